The van der Waals surface area contributed by atoms with Crippen molar-refractivity contribution in [3.8, 4) is 0 Å². The lowest BCUT2D eigenvalue weighted by molar-refractivity contribution is -0.150. The van der Waals surface area contributed by atoms with Crippen molar-refractivity contribution in [1.29, 1.82) is 0 Å². The normalized spacial score (nSPS) is 29.2. The first-order valence-electron chi connectivity index (χ1n) is 11.0. The van der Waals surface area contributed by atoms with Crippen molar-refractivity contribution in [2.24, 2.45) is 0 Å². The summed E-state index contributed by atoms with van der Waals surface area (Å²) in [5, 5.41) is 16.0. The Bertz CT molecular complexity index is 773. The number of nitrogens with zero attached hydrogens (tertiary/aromatic N) is 1. The first-order chi connectivity index (χ1) is 15.0. The standard InChI is InChI=1S/C22H30FN3O5/c23-14-4-6-16(7-5-14)25-22(29)26-11-17(27)12-30-13-20-19(26)9-8-18(31-20)10-21(28)24-15-2-1-3-15/h4-7,15,17-20,27H,1-3,8-13H2,(H,24,28)(H,25,29)/t17-,18-,19+,20-/m0/s1. The van der Waals surface area contributed by atoms with Gasteiger partial charge in [-0.15, -0.1) is 0 Å². The summed E-state index contributed by atoms with van der Waals surface area (Å²) in [5.41, 5.74) is 0.470. The Hall–Kier alpha value is -2.23. The van der Waals surface area contributed by atoms with E-state index in [1.807, 2.05) is 0 Å². The molecule has 1 aliphatic carbocycles. The van der Waals surface area contributed by atoms with E-state index in [1.165, 1.54) is 24.3 Å². The molecule has 2 saturated heterocycles. The molecule has 1 aromatic rings. The second-order valence-electron chi connectivity index (χ2n) is 8.62. The smallest absolute Gasteiger partial charge is 0.322 e. The van der Waals surface area contributed by atoms with Crippen LogP contribution in [0.3, 0.4) is 0 Å². The SMILES string of the molecule is O=C(C[C@@H]1CC[C@@H]2[C@H](COC[C@@H](O)CN2C(=O)Nc2ccc(F)cc2)O1)NC1CCC1. The van der Waals surface area contributed by atoms with Gasteiger partial charge >= 0.3 is 6.03 Å². The number of halogens is 1. The number of aliphatic hydroxyl groups is 1. The Morgan fingerprint density at radius 2 is 1.90 bits per heavy atom. The lowest BCUT2D eigenvalue weighted by Crippen LogP contribution is -2.58. The van der Waals surface area contributed by atoms with Crippen molar-refractivity contribution < 1.29 is 28.6 Å². The molecular formula is C22H30FN3O5. The van der Waals surface area contributed by atoms with E-state index in [2.05, 4.69) is 10.6 Å². The molecule has 0 unspecified atom stereocenters. The fraction of sp³-hybridized carbons (Fsp3) is 0.636. The third-order valence-corrected chi connectivity index (χ3v) is 6.22. The molecule has 0 aromatic heterocycles. The molecule has 170 valence electrons. The number of aliphatic hydroxyl groups excluding tert-OH is 1. The average Bonchev–Trinajstić information content (AvgIpc) is 2.70. The Labute approximate surface area is 181 Å². The molecule has 1 saturated carbocycles. The van der Waals surface area contributed by atoms with Crippen molar-refractivity contribution in [2.45, 2.75) is 68.9 Å². The predicted molar refractivity (Wildman–Crippen MR) is 111 cm³/mol. The van der Waals surface area contributed by atoms with Crippen LogP contribution in [0.5, 0.6) is 0 Å². The summed E-state index contributed by atoms with van der Waals surface area (Å²) in [6, 6.07) is 5.15. The number of nitrogens with one attached hydrogen (secondary N) is 2. The van der Waals surface area contributed by atoms with Crippen LogP contribution in [0.4, 0.5) is 14.9 Å². The summed E-state index contributed by atoms with van der Waals surface area (Å²) >= 11 is 0. The van der Waals surface area contributed by atoms with Crippen LogP contribution in [0, 0.1) is 5.82 Å². The van der Waals surface area contributed by atoms with Gasteiger partial charge in [-0.1, -0.05) is 0 Å². The van der Waals surface area contributed by atoms with E-state index in [-0.39, 0.29) is 55.8 Å². The van der Waals surface area contributed by atoms with Crippen LogP contribution in [0.1, 0.15) is 38.5 Å². The van der Waals surface area contributed by atoms with Crippen LogP contribution < -0.4 is 10.6 Å². The van der Waals surface area contributed by atoms with Gasteiger partial charge in [0.1, 0.15) is 11.9 Å². The number of ether oxygens (including phenoxy) is 2. The van der Waals surface area contributed by atoms with E-state index in [4.69, 9.17) is 9.47 Å². The van der Waals surface area contributed by atoms with Crippen molar-refractivity contribution in [3.63, 3.8) is 0 Å². The number of anilines is 1. The van der Waals surface area contributed by atoms with Crippen molar-refractivity contribution in [1.82, 2.24) is 10.2 Å². The van der Waals surface area contributed by atoms with E-state index < -0.39 is 6.10 Å². The first-order valence-corrected chi connectivity index (χ1v) is 11.0. The van der Waals surface area contributed by atoms with Gasteiger partial charge in [0.15, 0.2) is 0 Å². The molecule has 1 aromatic carbocycles. The van der Waals surface area contributed by atoms with Gasteiger partial charge in [-0.2, -0.15) is 0 Å². The molecular weight excluding hydrogens is 405 g/mol. The fourth-order valence-corrected chi connectivity index (χ4v) is 4.35. The van der Waals surface area contributed by atoms with E-state index in [9.17, 15) is 19.1 Å². The molecule has 2 aliphatic heterocycles. The second-order valence-corrected chi connectivity index (χ2v) is 8.62. The molecule has 0 bridgehead atoms. The highest BCUT2D eigenvalue weighted by atomic mass is 19.1. The molecule has 31 heavy (non-hydrogen) atoms. The van der Waals surface area contributed by atoms with Gasteiger partial charge in [-0.25, -0.2) is 9.18 Å². The minimum absolute atomic E-state index is 0.00115. The summed E-state index contributed by atoms with van der Waals surface area (Å²) in [6.45, 7) is 0.437. The third-order valence-electron chi connectivity index (χ3n) is 6.22. The maximum absolute atomic E-state index is 13.2. The van der Waals surface area contributed by atoms with Gasteiger partial charge in [0, 0.05) is 11.7 Å². The number of β-amino-alcohol motifs (C(OH)–C–C–N with tert-alkyl or cyclic N) is 1. The minimum atomic E-state index is -0.814. The van der Waals surface area contributed by atoms with Crippen LogP contribution in [0.15, 0.2) is 24.3 Å². The number of rotatable bonds is 4. The Morgan fingerprint density at radius 3 is 2.61 bits per heavy atom. The highest BCUT2D eigenvalue weighted by Crippen LogP contribution is 2.28. The molecule has 3 aliphatic rings. The van der Waals surface area contributed by atoms with Gasteiger partial charge in [-0.05, 0) is 56.4 Å². The quantitative estimate of drug-likeness (QED) is 0.672. The zero-order valence-corrected chi connectivity index (χ0v) is 17.5. The molecule has 0 radical (unpaired) electrons. The van der Waals surface area contributed by atoms with E-state index >= 15 is 0 Å². The molecule has 9 heteroatoms. The van der Waals surface area contributed by atoms with Crippen molar-refractivity contribution in [3.05, 3.63) is 30.1 Å². The summed E-state index contributed by atoms with van der Waals surface area (Å²) in [6.07, 6.45) is 3.38. The molecule has 3 fully saturated rings. The van der Waals surface area contributed by atoms with Crippen molar-refractivity contribution in [2.75, 3.05) is 25.1 Å². The topological polar surface area (TPSA) is 100 Å². The largest absolute Gasteiger partial charge is 0.389 e. The van der Waals surface area contributed by atoms with Gasteiger partial charge in [0.2, 0.25) is 5.91 Å². The average molecular weight is 435 g/mol. The van der Waals surface area contributed by atoms with Crippen molar-refractivity contribution >= 4 is 17.6 Å². The number of amides is 3. The van der Waals surface area contributed by atoms with Crippen LogP contribution >= 0.6 is 0 Å². The summed E-state index contributed by atoms with van der Waals surface area (Å²) < 4.78 is 24.9. The summed E-state index contributed by atoms with van der Waals surface area (Å²) in [7, 11) is 0. The van der Waals surface area contributed by atoms with E-state index in [0.29, 0.717) is 31.0 Å². The monoisotopic (exact) mass is 435 g/mol. The predicted octanol–water partition coefficient (Wildman–Crippen LogP) is 2.03. The third kappa shape index (κ3) is 5.72. The van der Waals surface area contributed by atoms with Crippen LogP contribution in [-0.2, 0) is 14.3 Å². The minimum Gasteiger partial charge on any atom is -0.389 e. The maximum Gasteiger partial charge on any atom is 0.322 e. The second kappa shape index (κ2) is 9.93. The van der Waals surface area contributed by atoms with Gasteiger partial charge in [0.25, 0.3) is 0 Å². The first kappa shape index (κ1) is 22.0. The molecule has 4 atom stereocenters. The van der Waals surface area contributed by atoms with Crippen LogP contribution in [0.25, 0.3) is 0 Å². The molecule has 0 spiro atoms. The van der Waals surface area contributed by atoms with Gasteiger partial charge in [-0.3, -0.25) is 4.79 Å². The summed E-state index contributed by atoms with van der Waals surface area (Å²) in [5.74, 6) is -0.383. The zero-order chi connectivity index (χ0) is 21.8. The number of urea groups is 1. The number of carbonyl (C=O) groups excluding carboxylic acids is 2. The summed E-state index contributed by atoms with van der Waals surface area (Å²) in [4.78, 5) is 26.8. The number of hydrogen-bond acceptors (Lipinski definition) is 5. The number of hydrogen-bond donors (Lipinski definition) is 3. The highest BCUT2D eigenvalue weighted by Gasteiger charge is 2.40. The number of benzene rings is 1. The van der Waals surface area contributed by atoms with Crippen LogP contribution in [-0.4, -0.2) is 72.1 Å². The molecule has 3 N–H and O–H groups in total. The lowest BCUT2D eigenvalue weighted by atomic mass is 9.92. The molecule has 8 nitrogen and oxygen atoms in total. The Kier molecular flexibility index (Phi) is 7.04. The van der Waals surface area contributed by atoms with Crippen LogP contribution in [0.2, 0.25) is 0 Å². The maximum atomic E-state index is 13.2. The zero-order valence-electron chi connectivity index (χ0n) is 17.5. The Balaban J connectivity index is 1.39. The Morgan fingerprint density at radius 1 is 1.13 bits per heavy atom. The molecule has 3 amide bonds. The number of carbonyl (C=O) groups is 2. The lowest BCUT2D eigenvalue weighted by Gasteiger charge is -2.44. The van der Waals surface area contributed by atoms with E-state index in [1.54, 1.807) is 4.90 Å². The van der Waals surface area contributed by atoms with Gasteiger partial charge < -0.3 is 30.1 Å². The molecule has 4 rings (SSSR count). The molecule has 2 heterocycles. The van der Waals surface area contributed by atoms with Gasteiger partial charge in [0.05, 0.1) is 44.4 Å². The number of fused-ring (bicyclic) bond motifs is 1. The highest BCUT2D eigenvalue weighted by molar-refractivity contribution is 5.89. The fourth-order valence-electron chi connectivity index (χ4n) is 4.35. The van der Waals surface area contributed by atoms with E-state index in [0.717, 1.165) is 19.3 Å².